The first-order valence-corrected chi connectivity index (χ1v) is 5.10. The van der Waals surface area contributed by atoms with Crippen LogP contribution in [0.15, 0.2) is 12.3 Å². The van der Waals surface area contributed by atoms with Crippen LogP contribution in [0.1, 0.15) is 18.2 Å². The largest absolute Gasteiger partial charge is 0.330 e. The predicted octanol–water partition coefficient (Wildman–Crippen LogP) is 0.372. The molecule has 1 saturated heterocycles. The molecule has 0 amide bonds. The zero-order valence-electron chi connectivity index (χ0n) is 8.85. The molecule has 0 aromatic carbocycles. The van der Waals surface area contributed by atoms with Gasteiger partial charge in [0.15, 0.2) is 0 Å². The molecule has 0 saturated carbocycles. The van der Waals surface area contributed by atoms with Crippen LogP contribution in [0.5, 0.6) is 0 Å². The van der Waals surface area contributed by atoms with Crippen molar-refractivity contribution in [3.8, 4) is 0 Å². The van der Waals surface area contributed by atoms with Gasteiger partial charge in [0.2, 0.25) is 0 Å². The predicted molar refractivity (Wildman–Crippen MR) is 55.7 cm³/mol. The van der Waals surface area contributed by atoms with E-state index in [0.29, 0.717) is 12.0 Å². The monoisotopic (exact) mass is 194 g/mol. The van der Waals surface area contributed by atoms with Crippen molar-refractivity contribution in [2.75, 3.05) is 20.1 Å². The summed E-state index contributed by atoms with van der Waals surface area (Å²) in [4.78, 5) is 2.37. The van der Waals surface area contributed by atoms with Gasteiger partial charge in [0.05, 0.1) is 11.7 Å². The number of nitrogens with zero attached hydrogens (tertiary/aromatic N) is 3. The molecule has 1 aliphatic heterocycles. The van der Waals surface area contributed by atoms with Gasteiger partial charge < -0.3 is 5.73 Å². The third-order valence-electron chi connectivity index (χ3n) is 3.17. The fraction of sp³-hybridized carbons (Fsp3) is 0.700. The molecule has 2 unspecified atom stereocenters. The molecule has 1 aliphatic rings. The summed E-state index contributed by atoms with van der Waals surface area (Å²) in [7, 11) is 4.16. The first-order chi connectivity index (χ1) is 6.72. The summed E-state index contributed by atoms with van der Waals surface area (Å²) in [6.45, 7) is 1.89. The summed E-state index contributed by atoms with van der Waals surface area (Å²) in [5, 5.41) is 4.21. The lowest BCUT2D eigenvalue weighted by atomic mass is 10.0. The van der Waals surface area contributed by atoms with Crippen LogP contribution >= 0.6 is 0 Å². The van der Waals surface area contributed by atoms with E-state index in [0.717, 1.165) is 19.5 Å². The van der Waals surface area contributed by atoms with E-state index < -0.39 is 0 Å². The zero-order valence-corrected chi connectivity index (χ0v) is 8.85. The molecule has 2 rings (SSSR count). The maximum absolute atomic E-state index is 5.70. The topological polar surface area (TPSA) is 47.1 Å². The summed E-state index contributed by atoms with van der Waals surface area (Å²) in [6.07, 6.45) is 3.02. The maximum atomic E-state index is 5.70. The Bertz CT molecular complexity index is 307. The standard InChI is InChI=1S/C10H18N4/c1-13-7-8(6-11)5-10(13)9-3-4-12-14(9)2/h3-4,8,10H,5-7,11H2,1-2H3. The zero-order chi connectivity index (χ0) is 10.1. The third kappa shape index (κ3) is 1.55. The molecule has 1 aromatic heterocycles. The van der Waals surface area contributed by atoms with Crippen molar-refractivity contribution in [3.05, 3.63) is 18.0 Å². The summed E-state index contributed by atoms with van der Waals surface area (Å²) in [5.41, 5.74) is 7.00. The molecule has 1 aromatic rings. The fourth-order valence-corrected chi connectivity index (χ4v) is 2.33. The van der Waals surface area contributed by atoms with Crippen molar-refractivity contribution in [3.63, 3.8) is 0 Å². The van der Waals surface area contributed by atoms with E-state index >= 15 is 0 Å². The highest BCUT2D eigenvalue weighted by Gasteiger charge is 2.31. The van der Waals surface area contributed by atoms with E-state index in [9.17, 15) is 0 Å². The second-order valence-electron chi connectivity index (χ2n) is 4.17. The van der Waals surface area contributed by atoms with Crippen molar-refractivity contribution >= 4 is 0 Å². The minimum Gasteiger partial charge on any atom is -0.330 e. The van der Waals surface area contributed by atoms with Crippen LogP contribution in [-0.4, -0.2) is 34.8 Å². The van der Waals surface area contributed by atoms with Crippen molar-refractivity contribution in [1.82, 2.24) is 14.7 Å². The molecule has 4 nitrogen and oxygen atoms in total. The lowest BCUT2D eigenvalue weighted by Crippen LogP contribution is -2.21. The Balaban J connectivity index is 2.16. The number of aromatic nitrogens is 2. The van der Waals surface area contributed by atoms with Crippen LogP contribution in [0.2, 0.25) is 0 Å². The van der Waals surface area contributed by atoms with Crippen LogP contribution in [0.25, 0.3) is 0 Å². The molecule has 0 radical (unpaired) electrons. The highest BCUT2D eigenvalue weighted by Crippen LogP contribution is 2.32. The Morgan fingerprint density at radius 3 is 2.86 bits per heavy atom. The number of hydrogen-bond acceptors (Lipinski definition) is 3. The molecule has 78 valence electrons. The average molecular weight is 194 g/mol. The van der Waals surface area contributed by atoms with E-state index in [1.54, 1.807) is 0 Å². The fourth-order valence-electron chi connectivity index (χ4n) is 2.33. The molecule has 0 bridgehead atoms. The van der Waals surface area contributed by atoms with Crippen LogP contribution in [0.4, 0.5) is 0 Å². The third-order valence-corrected chi connectivity index (χ3v) is 3.17. The van der Waals surface area contributed by atoms with Gasteiger partial charge in [0, 0.05) is 19.8 Å². The lowest BCUT2D eigenvalue weighted by molar-refractivity contribution is 0.301. The molecule has 2 atom stereocenters. The Morgan fingerprint density at radius 2 is 2.36 bits per heavy atom. The van der Waals surface area contributed by atoms with Crippen molar-refractivity contribution < 1.29 is 0 Å². The van der Waals surface area contributed by atoms with Crippen LogP contribution in [0.3, 0.4) is 0 Å². The summed E-state index contributed by atoms with van der Waals surface area (Å²) in [6, 6.07) is 2.59. The molecule has 2 N–H and O–H groups in total. The van der Waals surface area contributed by atoms with E-state index in [1.807, 2.05) is 17.9 Å². The highest BCUT2D eigenvalue weighted by atomic mass is 15.3. The van der Waals surface area contributed by atoms with Gasteiger partial charge in [-0.3, -0.25) is 9.58 Å². The molecule has 14 heavy (non-hydrogen) atoms. The second-order valence-corrected chi connectivity index (χ2v) is 4.17. The minimum atomic E-state index is 0.496. The normalized spacial score (nSPS) is 28.5. The molecule has 0 aliphatic carbocycles. The van der Waals surface area contributed by atoms with E-state index in [2.05, 4.69) is 23.1 Å². The average Bonchev–Trinajstić information content (AvgIpc) is 2.72. The first kappa shape index (κ1) is 9.68. The van der Waals surface area contributed by atoms with Crippen molar-refractivity contribution in [2.24, 2.45) is 18.7 Å². The Kier molecular flexibility index (Phi) is 2.56. The number of rotatable bonds is 2. The minimum absolute atomic E-state index is 0.496. The van der Waals surface area contributed by atoms with Gasteiger partial charge >= 0.3 is 0 Å². The van der Waals surface area contributed by atoms with Crippen molar-refractivity contribution in [1.29, 1.82) is 0 Å². The van der Waals surface area contributed by atoms with Gasteiger partial charge in [-0.15, -0.1) is 0 Å². The molecule has 1 fully saturated rings. The lowest BCUT2D eigenvalue weighted by Gasteiger charge is -2.18. The molecular weight excluding hydrogens is 176 g/mol. The van der Waals surface area contributed by atoms with Gasteiger partial charge in [0.25, 0.3) is 0 Å². The Labute approximate surface area is 84.7 Å². The number of nitrogens with two attached hydrogens (primary N) is 1. The maximum Gasteiger partial charge on any atom is 0.0552 e. The molecular formula is C10H18N4. The van der Waals surface area contributed by atoms with Gasteiger partial charge in [-0.25, -0.2) is 0 Å². The first-order valence-electron chi connectivity index (χ1n) is 5.10. The van der Waals surface area contributed by atoms with Gasteiger partial charge in [-0.05, 0) is 32.0 Å². The van der Waals surface area contributed by atoms with Crippen molar-refractivity contribution in [2.45, 2.75) is 12.5 Å². The van der Waals surface area contributed by atoms with Gasteiger partial charge in [-0.1, -0.05) is 0 Å². The van der Waals surface area contributed by atoms with Gasteiger partial charge in [0.1, 0.15) is 0 Å². The summed E-state index contributed by atoms with van der Waals surface area (Å²) >= 11 is 0. The van der Waals surface area contributed by atoms with E-state index in [-0.39, 0.29) is 0 Å². The van der Waals surface area contributed by atoms with Crippen LogP contribution < -0.4 is 5.73 Å². The van der Waals surface area contributed by atoms with Crippen LogP contribution in [0, 0.1) is 5.92 Å². The SMILES string of the molecule is CN1CC(CN)CC1c1ccnn1C. The number of likely N-dealkylation sites (tertiary alicyclic amines) is 1. The van der Waals surface area contributed by atoms with E-state index in [4.69, 9.17) is 5.73 Å². The second kappa shape index (κ2) is 3.71. The molecule has 2 heterocycles. The van der Waals surface area contributed by atoms with Gasteiger partial charge in [-0.2, -0.15) is 5.10 Å². The quantitative estimate of drug-likeness (QED) is 0.740. The number of aryl methyl sites for hydroxylation is 1. The Hall–Kier alpha value is -0.870. The summed E-state index contributed by atoms with van der Waals surface area (Å²) in [5.74, 6) is 0.639. The smallest absolute Gasteiger partial charge is 0.0552 e. The molecule has 0 spiro atoms. The summed E-state index contributed by atoms with van der Waals surface area (Å²) < 4.78 is 1.96. The number of hydrogen-bond donors (Lipinski definition) is 1. The van der Waals surface area contributed by atoms with Crippen LogP contribution in [-0.2, 0) is 7.05 Å². The molecule has 4 heteroatoms. The highest BCUT2D eigenvalue weighted by molar-refractivity contribution is 5.09. The van der Waals surface area contributed by atoms with E-state index in [1.165, 1.54) is 5.69 Å². The Morgan fingerprint density at radius 1 is 1.57 bits per heavy atom.